The molecule has 1 aliphatic heterocycles. The van der Waals surface area contributed by atoms with Gasteiger partial charge in [-0.25, -0.2) is 14.7 Å². The third kappa shape index (κ3) is 3.01. The molecule has 0 spiro atoms. The van der Waals surface area contributed by atoms with Gasteiger partial charge in [-0.1, -0.05) is 0 Å². The predicted octanol–water partition coefficient (Wildman–Crippen LogP) is 0.868. The van der Waals surface area contributed by atoms with E-state index in [4.69, 9.17) is 4.74 Å². The molecule has 6 nitrogen and oxygen atoms in total. The van der Waals surface area contributed by atoms with E-state index >= 15 is 0 Å². The highest BCUT2D eigenvalue weighted by atomic mass is 32.1. The molecule has 0 aliphatic carbocycles. The van der Waals surface area contributed by atoms with Gasteiger partial charge in [0.1, 0.15) is 5.75 Å². The van der Waals surface area contributed by atoms with Gasteiger partial charge < -0.3 is 10.1 Å². The normalized spacial score (nSPS) is 16.1. The first kappa shape index (κ1) is 15.4. The SMILES string of the molecule is CNC(=O)C[NH+]1C=Nc2cc(-c3ccc(OC)cc3)sc2C1=O. The van der Waals surface area contributed by atoms with Gasteiger partial charge in [0, 0.05) is 11.9 Å². The van der Waals surface area contributed by atoms with E-state index in [1.807, 2.05) is 30.3 Å². The molecule has 0 bridgehead atoms. The second kappa shape index (κ2) is 6.31. The third-order valence-electron chi connectivity index (χ3n) is 3.57. The van der Waals surface area contributed by atoms with E-state index in [1.165, 1.54) is 17.7 Å². The summed E-state index contributed by atoms with van der Waals surface area (Å²) in [5, 5.41) is 2.52. The van der Waals surface area contributed by atoms with Crippen LogP contribution in [0.5, 0.6) is 5.75 Å². The number of nitrogens with one attached hydrogen (secondary N) is 2. The van der Waals surface area contributed by atoms with Crippen LogP contribution in [0.4, 0.5) is 5.69 Å². The molecular weight excluding hydrogens is 314 g/mol. The van der Waals surface area contributed by atoms with Gasteiger partial charge in [-0.15, -0.1) is 11.3 Å². The molecule has 7 heteroatoms. The van der Waals surface area contributed by atoms with E-state index in [0.717, 1.165) is 16.2 Å². The molecule has 0 saturated heterocycles. The molecule has 1 aromatic heterocycles. The number of quaternary nitrogens is 1. The Hall–Kier alpha value is -2.51. The zero-order valence-electron chi connectivity index (χ0n) is 12.8. The van der Waals surface area contributed by atoms with Crippen molar-refractivity contribution >= 4 is 35.2 Å². The summed E-state index contributed by atoms with van der Waals surface area (Å²) in [6, 6.07) is 9.54. The second-order valence-electron chi connectivity index (χ2n) is 5.02. The molecule has 2 heterocycles. The Morgan fingerprint density at radius 2 is 2.09 bits per heavy atom. The van der Waals surface area contributed by atoms with Gasteiger partial charge in [0.15, 0.2) is 17.8 Å². The first-order chi connectivity index (χ1) is 11.1. The number of likely N-dealkylation sites (N-methyl/N-ethyl adjacent to an activating group) is 1. The lowest BCUT2D eigenvalue weighted by atomic mass is 10.1. The maximum atomic E-state index is 12.5. The molecule has 1 unspecified atom stereocenters. The van der Waals surface area contributed by atoms with Crippen LogP contribution in [0.3, 0.4) is 0 Å². The molecule has 2 amide bonds. The Morgan fingerprint density at radius 3 is 2.74 bits per heavy atom. The van der Waals surface area contributed by atoms with Crippen LogP contribution in [-0.2, 0) is 4.79 Å². The van der Waals surface area contributed by atoms with Gasteiger partial charge in [0.2, 0.25) is 0 Å². The summed E-state index contributed by atoms with van der Waals surface area (Å²) in [5.74, 6) is 0.462. The molecule has 3 rings (SSSR count). The monoisotopic (exact) mass is 330 g/mol. The Labute approximate surface area is 137 Å². The fraction of sp³-hybridized carbons (Fsp3) is 0.188. The largest absolute Gasteiger partial charge is 0.497 e. The number of fused-ring (bicyclic) bond motifs is 1. The standard InChI is InChI=1S/C16H15N3O3S/c1-17-14(20)8-19-9-18-12-7-13(23-15(12)16(19)21)10-3-5-11(22-2)6-4-10/h3-7,9H,8H2,1-2H3,(H,17,20)/p+1. The quantitative estimate of drug-likeness (QED) is 0.874. The molecule has 0 saturated carbocycles. The maximum Gasteiger partial charge on any atom is 0.362 e. The van der Waals surface area contributed by atoms with Crippen molar-refractivity contribution in [1.82, 2.24) is 5.32 Å². The van der Waals surface area contributed by atoms with Gasteiger partial charge >= 0.3 is 5.91 Å². The number of methoxy groups -OCH3 is 1. The van der Waals surface area contributed by atoms with Gasteiger partial charge in [0.05, 0.1) is 12.8 Å². The molecule has 23 heavy (non-hydrogen) atoms. The van der Waals surface area contributed by atoms with Crippen molar-refractivity contribution in [3.63, 3.8) is 0 Å². The van der Waals surface area contributed by atoms with Crippen molar-refractivity contribution in [2.45, 2.75) is 0 Å². The Kier molecular flexibility index (Phi) is 4.22. The predicted molar refractivity (Wildman–Crippen MR) is 88.7 cm³/mol. The molecule has 1 aliphatic rings. The van der Waals surface area contributed by atoms with Gasteiger partial charge in [-0.2, -0.15) is 0 Å². The second-order valence-corrected chi connectivity index (χ2v) is 6.07. The average molecular weight is 330 g/mol. The summed E-state index contributed by atoms with van der Waals surface area (Å²) < 4.78 is 5.15. The molecule has 2 aromatic rings. The van der Waals surface area contributed by atoms with E-state index in [-0.39, 0.29) is 18.4 Å². The van der Waals surface area contributed by atoms with Crippen molar-refractivity contribution in [3.8, 4) is 16.2 Å². The van der Waals surface area contributed by atoms with Crippen LogP contribution in [-0.4, -0.2) is 38.9 Å². The summed E-state index contributed by atoms with van der Waals surface area (Å²) >= 11 is 1.39. The number of benzene rings is 1. The summed E-state index contributed by atoms with van der Waals surface area (Å²) in [5.41, 5.74) is 1.66. The Bertz CT molecular complexity index is 780. The minimum absolute atomic E-state index is 0.0496. The van der Waals surface area contributed by atoms with Crippen LogP contribution < -0.4 is 15.0 Å². The Morgan fingerprint density at radius 1 is 1.35 bits per heavy atom. The highest BCUT2D eigenvalue weighted by Crippen LogP contribution is 2.37. The number of thiophene rings is 1. The smallest absolute Gasteiger partial charge is 0.362 e. The number of carbonyl (C=O) groups excluding carboxylic acids is 2. The van der Waals surface area contributed by atoms with E-state index in [9.17, 15) is 9.59 Å². The number of hydrogen-bond donors (Lipinski definition) is 2. The third-order valence-corrected chi connectivity index (χ3v) is 4.75. The molecule has 0 radical (unpaired) electrons. The molecule has 0 fully saturated rings. The van der Waals surface area contributed by atoms with Crippen LogP contribution >= 0.6 is 11.3 Å². The van der Waals surface area contributed by atoms with Gasteiger partial charge in [-0.3, -0.25) is 4.79 Å². The fourth-order valence-electron chi connectivity index (χ4n) is 2.28. The molecular formula is C16H16N3O3S+. The van der Waals surface area contributed by atoms with Crippen molar-refractivity contribution < 1.29 is 19.2 Å². The van der Waals surface area contributed by atoms with Crippen molar-refractivity contribution in [2.24, 2.45) is 4.99 Å². The number of carbonyl (C=O) groups is 2. The first-order valence-electron chi connectivity index (χ1n) is 7.06. The average Bonchev–Trinajstić information content (AvgIpc) is 3.02. The molecule has 1 atom stereocenters. The van der Waals surface area contributed by atoms with E-state index < -0.39 is 0 Å². The number of aliphatic imine (C=N–C) groups is 1. The summed E-state index contributed by atoms with van der Waals surface area (Å²) in [7, 11) is 3.17. The zero-order valence-corrected chi connectivity index (χ0v) is 13.6. The molecule has 1 aromatic carbocycles. The van der Waals surface area contributed by atoms with Crippen molar-refractivity contribution in [2.75, 3.05) is 20.7 Å². The highest BCUT2D eigenvalue weighted by Gasteiger charge is 2.31. The van der Waals surface area contributed by atoms with E-state index in [0.29, 0.717) is 15.5 Å². The van der Waals surface area contributed by atoms with Gasteiger partial charge in [0.25, 0.3) is 5.91 Å². The summed E-state index contributed by atoms with van der Waals surface area (Å²) in [6.45, 7) is 0.0496. The number of amides is 2. The van der Waals surface area contributed by atoms with E-state index in [1.54, 1.807) is 14.2 Å². The maximum absolute atomic E-state index is 12.5. The molecule has 2 N–H and O–H groups in total. The van der Waals surface area contributed by atoms with Crippen LogP contribution in [0.25, 0.3) is 10.4 Å². The lowest BCUT2D eigenvalue weighted by Crippen LogP contribution is -3.15. The summed E-state index contributed by atoms with van der Waals surface area (Å²) in [6.07, 6.45) is 1.49. The van der Waals surface area contributed by atoms with Crippen LogP contribution in [0.2, 0.25) is 0 Å². The number of rotatable bonds is 4. The van der Waals surface area contributed by atoms with Crippen LogP contribution in [0.1, 0.15) is 9.67 Å². The Balaban J connectivity index is 1.87. The lowest BCUT2D eigenvalue weighted by molar-refractivity contribution is -0.695. The topological polar surface area (TPSA) is 72.2 Å². The number of ether oxygens (including phenoxy) is 1. The first-order valence-corrected chi connectivity index (χ1v) is 7.87. The summed E-state index contributed by atoms with van der Waals surface area (Å²) in [4.78, 5) is 30.2. The minimum atomic E-state index is -0.199. The number of nitrogens with zero attached hydrogens (tertiary/aromatic N) is 1. The lowest BCUT2D eigenvalue weighted by Gasteiger charge is -2.13. The van der Waals surface area contributed by atoms with Crippen molar-refractivity contribution in [3.05, 3.63) is 35.2 Å². The van der Waals surface area contributed by atoms with Crippen LogP contribution in [0, 0.1) is 0 Å². The highest BCUT2D eigenvalue weighted by molar-refractivity contribution is 7.18. The number of hydrogen-bond acceptors (Lipinski definition) is 5. The fourth-order valence-corrected chi connectivity index (χ4v) is 3.36. The minimum Gasteiger partial charge on any atom is -0.497 e. The van der Waals surface area contributed by atoms with Crippen LogP contribution in [0.15, 0.2) is 35.3 Å². The van der Waals surface area contributed by atoms with E-state index in [2.05, 4.69) is 10.3 Å². The van der Waals surface area contributed by atoms with Crippen molar-refractivity contribution in [1.29, 1.82) is 0 Å². The zero-order chi connectivity index (χ0) is 16.4. The molecule has 118 valence electrons. The van der Waals surface area contributed by atoms with Gasteiger partial charge in [-0.05, 0) is 35.9 Å².